The van der Waals surface area contributed by atoms with Crippen LogP contribution in [0.25, 0.3) is 0 Å². The van der Waals surface area contributed by atoms with Gasteiger partial charge in [-0.25, -0.2) is 4.39 Å². The van der Waals surface area contributed by atoms with Crippen LogP contribution in [0.3, 0.4) is 0 Å². The molecule has 0 N–H and O–H groups in total. The molecular weight excluding hydrogens is 245 g/mol. The molecule has 0 unspecified atom stereocenters. The lowest BCUT2D eigenvalue weighted by Gasteiger charge is -2.19. The van der Waals surface area contributed by atoms with Crippen LogP contribution in [0.1, 0.15) is 0 Å². The van der Waals surface area contributed by atoms with Gasteiger partial charge in [0.1, 0.15) is 5.82 Å². The SMILES string of the molecule is CN(CCSc1ccccc1)c1ccccc1F. The molecule has 0 heterocycles. The highest BCUT2D eigenvalue weighted by Crippen LogP contribution is 2.20. The Bertz CT molecular complexity index is 487. The lowest BCUT2D eigenvalue weighted by molar-refractivity contribution is 0.624. The molecule has 3 heteroatoms. The van der Waals surface area contributed by atoms with Crippen molar-refractivity contribution in [2.75, 3.05) is 24.2 Å². The fourth-order valence-corrected chi connectivity index (χ4v) is 2.65. The van der Waals surface area contributed by atoms with Crippen LogP contribution in [0, 0.1) is 5.82 Å². The molecular formula is C15H16FNS. The summed E-state index contributed by atoms with van der Waals surface area (Å²) in [4.78, 5) is 3.20. The van der Waals surface area contributed by atoms with E-state index >= 15 is 0 Å². The van der Waals surface area contributed by atoms with Gasteiger partial charge in [0, 0.05) is 24.2 Å². The zero-order valence-electron chi connectivity index (χ0n) is 10.3. The number of hydrogen-bond donors (Lipinski definition) is 0. The van der Waals surface area contributed by atoms with Gasteiger partial charge in [0.2, 0.25) is 0 Å². The maximum atomic E-state index is 13.5. The normalized spacial score (nSPS) is 10.3. The molecule has 0 fully saturated rings. The fourth-order valence-electron chi connectivity index (χ4n) is 1.70. The molecule has 0 atom stereocenters. The first kappa shape index (κ1) is 13.0. The summed E-state index contributed by atoms with van der Waals surface area (Å²) in [5.41, 5.74) is 0.658. The summed E-state index contributed by atoms with van der Waals surface area (Å²) in [5, 5.41) is 0. The molecule has 0 amide bonds. The highest BCUT2D eigenvalue weighted by atomic mass is 32.2. The molecule has 0 radical (unpaired) electrons. The maximum Gasteiger partial charge on any atom is 0.146 e. The van der Waals surface area contributed by atoms with Crippen molar-refractivity contribution in [2.45, 2.75) is 4.90 Å². The summed E-state index contributed by atoms with van der Waals surface area (Å²) in [6, 6.07) is 17.1. The average molecular weight is 261 g/mol. The van der Waals surface area contributed by atoms with Crippen LogP contribution in [0.15, 0.2) is 59.5 Å². The van der Waals surface area contributed by atoms with Gasteiger partial charge < -0.3 is 4.90 Å². The van der Waals surface area contributed by atoms with Crippen LogP contribution < -0.4 is 4.90 Å². The average Bonchev–Trinajstić information content (AvgIpc) is 2.40. The van der Waals surface area contributed by atoms with Gasteiger partial charge in [-0.3, -0.25) is 0 Å². The quantitative estimate of drug-likeness (QED) is 0.747. The van der Waals surface area contributed by atoms with Gasteiger partial charge in [0.15, 0.2) is 0 Å². The van der Waals surface area contributed by atoms with Crippen LogP contribution in [-0.2, 0) is 0 Å². The Balaban J connectivity index is 1.86. The molecule has 0 bridgehead atoms. The molecule has 0 saturated carbocycles. The highest BCUT2D eigenvalue weighted by molar-refractivity contribution is 7.99. The van der Waals surface area contributed by atoms with Crippen molar-refractivity contribution in [3.05, 3.63) is 60.4 Å². The van der Waals surface area contributed by atoms with Gasteiger partial charge in [-0.1, -0.05) is 30.3 Å². The number of halogens is 1. The molecule has 2 aromatic carbocycles. The molecule has 1 nitrogen and oxygen atoms in total. The number of nitrogens with zero attached hydrogens (tertiary/aromatic N) is 1. The molecule has 0 spiro atoms. The van der Waals surface area contributed by atoms with E-state index in [1.807, 2.05) is 42.3 Å². The smallest absolute Gasteiger partial charge is 0.146 e. The van der Waals surface area contributed by atoms with Crippen molar-refractivity contribution < 1.29 is 4.39 Å². The van der Waals surface area contributed by atoms with Crippen molar-refractivity contribution in [3.8, 4) is 0 Å². The molecule has 0 aliphatic rings. The minimum Gasteiger partial charge on any atom is -0.371 e. The molecule has 0 aliphatic carbocycles. The first-order valence-corrected chi connectivity index (χ1v) is 6.89. The number of thioether (sulfide) groups is 1. The second kappa shape index (κ2) is 6.45. The maximum absolute atomic E-state index is 13.5. The van der Waals surface area contributed by atoms with Crippen LogP contribution in [0.2, 0.25) is 0 Å². The topological polar surface area (TPSA) is 3.24 Å². The number of rotatable bonds is 5. The van der Waals surface area contributed by atoms with E-state index < -0.39 is 0 Å². The molecule has 18 heavy (non-hydrogen) atoms. The second-order valence-electron chi connectivity index (χ2n) is 4.03. The minimum absolute atomic E-state index is 0.162. The number of benzene rings is 2. The standard InChI is InChI=1S/C15H16FNS/c1-17(15-10-6-5-9-14(15)16)11-12-18-13-7-3-2-4-8-13/h2-10H,11-12H2,1H3. The Kier molecular flexibility index (Phi) is 4.65. The van der Waals surface area contributed by atoms with E-state index in [9.17, 15) is 4.39 Å². The van der Waals surface area contributed by atoms with Crippen LogP contribution in [-0.4, -0.2) is 19.3 Å². The third-order valence-corrected chi connectivity index (χ3v) is 3.69. The van der Waals surface area contributed by atoms with E-state index in [-0.39, 0.29) is 5.82 Å². The predicted octanol–water partition coefficient (Wildman–Crippen LogP) is 4.05. The van der Waals surface area contributed by atoms with Gasteiger partial charge in [0.25, 0.3) is 0 Å². The summed E-state index contributed by atoms with van der Waals surface area (Å²) in [6.07, 6.45) is 0. The lowest BCUT2D eigenvalue weighted by Crippen LogP contribution is -2.21. The monoisotopic (exact) mass is 261 g/mol. The Labute approximate surface area is 112 Å². The minimum atomic E-state index is -0.162. The van der Waals surface area contributed by atoms with E-state index in [1.165, 1.54) is 11.0 Å². The van der Waals surface area contributed by atoms with E-state index in [0.29, 0.717) is 5.69 Å². The zero-order chi connectivity index (χ0) is 12.8. The summed E-state index contributed by atoms with van der Waals surface area (Å²) in [5.74, 6) is 0.777. The molecule has 0 aromatic heterocycles. The second-order valence-corrected chi connectivity index (χ2v) is 5.20. The largest absolute Gasteiger partial charge is 0.371 e. The molecule has 0 aliphatic heterocycles. The van der Waals surface area contributed by atoms with Crippen LogP contribution >= 0.6 is 11.8 Å². The van der Waals surface area contributed by atoms with Crippen LogP contribution in [0.5, 0.6) is 0 Å². The Morgan fingerprint density at radius 1 is 1.00 bits per heavy atom. The summed E-state index contributed by atoms with van der Waals surface area (Å²) < 4.78 is 13.5. The van der Waals surface area contributed by atoms with Crippen molar-refractivity contribution >= 4 is 17.4 Å². The Morgan fingerprint density at radius 3 is 2.39 bits per heavy atom. The predicted molar refractivity (Wildman–Crippen MR) is 76.8 cm³/mol. The summed E-state index contributed by atoms with van der Waals surface area (Å²) in [7, 11) is 1.92. The highest BCUT2D eigenvalue weighted by Gasteiger charge is 2.05. The third kappa shape index (κ3) is 3.50. The first-order chi connectivity index (χ1) is 8.77. The van der Waals surface area contributed by atoms with E-state index in [2.05, 4.69) is 12.1 Å². The van der Waals surface area contributed by atoms with E-state index in [4.69, 9.17) is 0 Å². The molecule has 0 saturated heterocycles. The van der Waals surface area contributed by atoms with Crippen molar-refractivity contribution in [1.82, 2.24) is 0 Å². The zero-order valence-corrected chi connectivity index (χ0v) is 11.2. The van der Waals surface area contributed by atoms with Crippen molar-refractivity contribution in [3.63, 3.8) is 0 Å². The number of hydrogen-bond acceptors (Lipinski definition) is 2. The molecule has 94 valence electrons. The number of para-hydroxylation sites is 1. The first-order valence-electron chi connectivity index (χ1n) is 5.91. The summed E-state index contributed by atoms with van der Waals surface area (Å²) >= 11 is 1.79. The lowest BCUT2D eigenvalue weighted by atomic mass is 10.3. The van der Waals surface area contributed by atoms with Crippen molar-refractivity contribution in [2.24, 2.45) is 0 Å². The Morgan fingerprint density at radius 2 is 1.67 bits per heavy atom. The molecule has 2 rings (SSSR count). The fraction of sp³-hybridized carbons (Fsp3) is 0.200. The van der Waals surface area contributed by atoms with Gasteiger partial charge >= 0.3 is 0 Å². The third-order valence-electron chi connectivity index (χ3n) is 2.70. The van der Waals surface area contributed by atoms with Crippen LogP contribution in [0.4, 0.5) is 10.1 Å². The van der Waals surface area contributed by atoms with Gasteiger partial charge in [-0.2, -0.15) is 0 Å². The summed E-state index contributed by atoms with van der Waals surface area (Å²) in [6.45, 7) is 0.820. The van der Waals surface area contributed by atoms with Gasteiger partial charge in [-0.05, 0) is 24.3 Å². The van der Waals surface area contributed by atoms with E-state index in [1.54, 1.807) is 17.8 Å². The number of anilines is 1. The van der Waals surface area contributed by atoms with Crippen molar-refractivity contribution in [1.29, 1.82) is 0 Å². The Hall–Kier alpha value is -1.48. The van der Waals surface area contributed by atoms with Gasteiger partial charge in [-0.15, -0.1) is 11.8 Å². The van der Waals surface area contributed by atoms with E-state index in [0.717, 1.165) is 12.3 Å². The molecule has 2 aromatic rings. The van der Waals surface area contributed by atoms with Gasteiger partial charge in [0.05, 0.1) is 5.69 Å².